The Morgan fingerprint density at radius 1 is 1.44 bits per heavy atom. The number of carbonyl (C=O) groups excluding carboxylic acids is 1. The molecule has 0 spiro atoms. The maximum atomic E-state index is 11.7. The molecule has 4 heteroatoms. The van der Waals surface area contributed by atoms with Crippen molar-refractivity contribution in [3.05, 3.63) is 35.9 Å². The van der Waals surface area contributed by atoms with Crippen molar-refractivity contribution >= 4 is 5.97 Å². The average Bonchev–Trinajstić information content (AvgIpc) is 2.90. The van der Waals surface area contributed by atoms with Gasteiger partial charge in [-0.15, -0.1) is 0 Å². The lowest BCUT2D eigenvalue weighted by atomic mass is 10.1. The van der Waals surface area contributed by atoms with Crippen molar-refractivity contribution < 1.29 is 14.3 Å². The van der Waals surface area contributed by atoms with Crippen LogP contribution in [0.1, 0.15) is 18.4 Å². The zero-order valence-electron chi connectivity index (χ0n) is 10.4. The highest BCUT2D eigenvalue weighted by Gasteiger charge is 2.23. The Balaban J connectivity index is 1.73. The van der Waals surface area contributed by atoms with E-state index >= 15 is 0 Å². The molecule has 1 aliphatic rings. The van der Waals surface area contributed by atoms with Gasteiger partial charge >= 0.3 is 5.97 Å². The number of hydrogen-bond acceptors (Lipinski definition) is 4. The molecule has 0 amide bonds. The second kappa shape index (κ2) is 6.52. The van der Waals surface area contributed by atoms with E-state index in [9.17, 15) is 4.79 Å². The zero-order chi connectivity index (χ0) is 12.8. The minimum Gasteiger partial charge on any atom is -0.459 e. The smallest absolute Gasteiger partial charge is 0.323 e. The molecule has 0 aliphatic carbocycles. The Kier molecular flexibility index (Phi) is 4.73. The molecule has 0 aromatic heterocycles. The molecule has 0 bridgehead atoms. The Morgan fingerprint density at radius 3 is 2.89 bits per heavy atom. The first-order chi connectivity index (χ1) is 8.75. The normalized spacial score (nSPS) is 20.6. The maximum Gasteiger partial charge on any atom is 0.323 e. The highest BCUT2D eigenvalue weighted by atomic mass is 16.6. The van der Waals surface area contributed by atoms with Crippen LogP contribution in [0.15, 0.2) is 30.3 Å². The SMILES string of the molecule is N[C@@H](CCc1ccccc1)C(=O)OC1CCOC1. The fourth-order valence-corrected chi connectivity index (χ4v) is 1.94. The molecule has 2 N–H and O–H groups in total. The molecule has 1 aromatic rings. The van der Waals surface area contributed by atoms with E-state index < -0.39 is 6.04 Å². The van der Waals surface area contributed by atoms with Gasteiger partial charge in [-0.1, -0.05) is 30.3 Å². The van der Waals surface area contributed by atoms with Crippen molar-refractivity contribution in [2.75, 3.05) is 13.2 Å². The Morgan fingerprint density at radius 2 is 2.22 bits per heavy atom. The number of benzene rings is 1. The minimum atomic E-state index is -0.550. The van der Waals surface area contributed by atoms with Crippen molar-refractivity contribution in [1.29, 1.82) is 0 Å². The van der Waals surface area contributed by atoms with E-state index in [0.717, 1.165) is 12.8 Å². The average molecular weight is 249 g/mol. The summed E-state index contributed by atoms with van der Waals surface area (Å²) in [6.45, 7) is 1.16. The number of hydrogen-bond donors (Lipinski definition) is 1. The zero-order valence-corrected chi connectivity index (χ0v) is 10.4. The summed E-state index contributed by atoms with van der Waals surface area (Å²) in [6.07, 6.45) is 2.06. The van der Waals surface area contributed by atoms with Gasteiger partial charge in [0.05, 0.1) is 13.2 Å². The van der Waals surface area contributed by atoms with Crippen LogP contribution in [0, 0.1) is 0 Å². The van der Waals surface area contributed by atoms with Gasteiger partial charge < -0.3 is 15.2 Å². The number of esters is 1. The van der Waals surface area contributed by atoms with Crippen molar-refractivity contribution in [3.63, 3.8) is 0 Å². The molecular weight excluding hydrogens is 230 g/mol. The van der Waals surface area contributed by atoms with E-state index in [1.165, 1.54) is 5.56 Å². The molecule has 1 heterocycles. The van der Waals surface area contributed by atoms with E-state index in [2.05, 4.69) is 0 Å². The lowest BCUT2D eigenvalue weighted by molar-refractivity contribution is -0.150. The van der Waals surface area contributed by atoms with Gasteiger partial charge in [0.2, 0.25) is 0 Å². The molecule has 0 radical (unpaired) electrons. The van der Waals surface area contributed by atoms with Crippen LogP contribution in [0.25, 0.3) is 0 Å². The predicted molar refractivity (Wildman–Crippen MR) is 68.1 cm³/mol. The summed E-state index contributed by atoms with van der Waals surface area (Å²) >= 11 is 0. The third kappa shape index (κ3) is 3.82. The van der Waals surface area contributed by atoms with Crippen molar-refractivity contribution in [1.82, 2.24) is 0 Å². The molecule has 1 saturated heterocycles. The van der Waals surface area contributed by atoms with Crippen molar-refractivity contribution in [3.8, 4) is 0 Å². The van der Waals surface area contributed by atoms with E-state index in [-0.39, 0.29) is 12.1 Å². The number of ether oxygens (including phenoxy) is 2. The molecule has 98 valence electrons. The first-order valence-electron chi connectivity index (χ1n) is 6.33. The van der Waals surface area contributed by atoms with Crippen molar-refractivity contribution in [2.24, 2.45) is 5.73 Å². The van der Waals surface area contributed by atoms with Gasteiger partial charge in [0, 0.05) is 6.42 Å². The molecule has 1 fully saturated rings. The van der Waals surface area contributed by atoms with E-state index in [0.29, 0.717) is 19.6 Å². The largest absolute Gasteiger partial charge is 0.459 e. The van der Waals surface area contributed by atoms with Crippen LogP contribution in [-0.2, 0) is 20.7 Å². The molecule has 2 rings (SSSR count). The predicted octanol–water partition coefficient (Wildman–Crippen LogP) is 1.28. The van der Waals surface area contributed by atoms with Crippen LogP contribution in [0.2, 0.25) is 0 Å². The summed E-state index contributed by atoms with van der Waals surface area (Å²) in [5, 5.41) is 0. The first-order valence-corrected chi connectivity index (χ1v) is 6.33. The summed E-state index contributed by atoms with van der Waals surface area (Å²) in [4.78, 5) is 11.7. The number of rotatable bonds is 5. The van der Waals surface area contributed by atoms with Crippen LogP contribution in [0.5, 0.6) is 0 Å². The van der Waals surface area contributed by atoms with Gasteiger partial charge in [0.15, 0.2) is 0 Å². The molecule has 0 saturated carbocycles. The van der Waals surface area contributed by atoms with Crippen LogP contribution >= 0.6 is 0 Å². The minimum absolute atomic E-state index is 0.111. The highest BCUT2D eigenvalue weighted by Crippen LogP contribution is 2.10. The van der Waals surface area contributed by atoms with Gasteiger partial charge in [0.1, 0.15) is 12.1 Å². The molecule has 2 atom stereocenters. The summed E-state index contributed by atoms with van der Waals surface area (Å²) in [5.41, 5.74) is 7.01. The van der Waals surface area contributed by atoms with E-state index in [4.69, 9.17) is 15.2 Å². The second-order valence-corrected chi connectivity index (χ2v) is 4.55. The third-order valence-corrected chi connectivity index (χ3v) is 3.06. The standard InChI is InChI=1S/C14H19NO3/c15-13(7-6-11-4-2-1-3-5-11)14(16)18-12-8-9-17-10-12/h1-5,12-13H,6-10,15H2/t12?,13-/m0/s1. The fourth-order valence-electron chi connectivity index (χ4n) is 1.94. The van der Waals surface area contributed by atoms with Crippen molar-refractivity contribution in [2.45, 2.75) is 31.4 Å². The molecule has 1 aliphatic heterocycles. The van der Waals surface area contributed by atoms with E-state index in [1.54, 1.807) is 0 Å². The van der Waals surface area contributed by atoms with Gasteiger partial charge in [-0.25, -0.2) is 0 Å². The summed E-state index contributed by atoms with van der Waals surface area (Å²) in [6, 6.07) is 9.44. The molecule has 18 heavy (non-hydrogen) atoms. The number of aryl methyl sites for hydroxylation is 1. The quantitative estimate of drug-likeness (QED) is 0.798. The van der Waals surface area contributed by atoms with E-state index in [1.807, 2.05) is 30.3 Å². The molecular formula is C14H19NO3. The van der Waals surface area contributed by atoms with Gasteiger partial charge in [-0.2, -0.15) is 0 Å². The van der Waals surface area contributed by atoms with Crippen LogP contribution in [0.4, 0.5) is 0 Å². The summed E-state index contributed by atoms with van der Waals surface area (Å²) < 4.78 is 10.4. The molecule has 1 aromatic carbocycles. The number of nitrogens with two attached hydrogens (primary N) is 1. The van der Waals surface area contributed by atoms with Crippen LogP contribution < -0.4 is 5.73 Å². The maximum absolute atomic E-state index is 11.7. The van der Waals surface area contributed by atoms with Gasteiger partial charge in [-0.05, 0) is 18.4 Å². The summed E-state index contributed by atoms with van der Waals surface area (Å²) in [5.74, 6) is -0.318. The second-order valence-electron chi connectivity index (χ2n) is 4.55. The first kappa shape index (κ1) is 13.1. The van der Waals surface area contributed by atoms with Gasteiger partial charge in [-0.3, -0.25) is 4.79 Å². The third-order valence-electron chi connectivity index (χ3n) is 3.06. The number of carbonyl (C=O) groups is 1. The molecule has 1 unspecified atom stereocenters. The summed E-state index contributed by atoms with van der Waals surface area (Å²) in [7, 11) is 0. The van der Waals surface area contributed by atoms with Crippen LogP contribution in [0.3, 0.4) is 0 Å². The van der Waals surface area contributed by atoms with Crippen LogP contribution in [-0.4, -0.2) is 31.3 Å². The van der Waals surface area contributed by atoms with Gasteiger partial charge in [0.25, 0.3) is 0 Å². The Labute approximate surface area is 107 Å². The lowest BCUT2D eigenvalue weighted by Crippen LogP contribution is -2.35. The Hall–Kier alpha value is -1.39. The molecule has 4 nitrogen and oxygen atoms in total. The monoisotopic (exact) mass is 249 g/mol. The topological polar surface area (TPSA) is 61.6 Å². The fraction of sp³-hybridized carbons (Fsp3) is 0.500. The Bertz CT molecular complexity index is 374. The lowest BCUT2D eigenvalue weighted by Gasteiger charge is -2.14. The highest BCUT2D eigenvalue weighted by molar-refractivity contribution is 5.75.